The summed E-state index contributed by atoms with van der Waals surface area (Å²) in [7, 11) is 3.87. The summed E-state index contributed by atoms with van der Waals surface area (Å²) in [5.74, 6) is -1.07. The normalized spacial score (nSPS) is 26.2. The number of carbonyl (C=O) groups is 2. The maximum Gasteiger partial charge on any atom is 0.228 e. The zero-order valence-corrected chi connectivity index (χ0v) is 11.4. The summed E-state index contributed by atoms with van der Waals surface area (Å²) in [6.45, 7) is 4.70. The van der Waals surface area contributed by atoms with Crippen molar-refractivity contribution < 1.29 is 14.7 Å². The van der Waals surface area contributed by atoms with Gasteiger partial charge in [0, 0.05) is 13.1 Å². The lowest BCUT2D eigenvalue weighted by Crippen LogP contribution is -2.66. The Morgan fingerprint density at radius 3 is 2.56 bits per heavy atom. The summed E-state index contributed by atoms with van der Waals surface area (Å²) in [5.41, 5.74) is 0. The van der Waals surface area contributed by atoms with Crippen molar-refractivity contribution in [1.29, 1.82) is 0 Å². The first kappa shape index (κ1) is 14.9. The van der Waals surface area contributed by atoms with E-state index in [0.717, 1.165) is 6.54 Å². The highest BCUT2D eigenvalue weighted by Crippen LogP contribution is 2.25. The Morgan fingerprint density at radius 2 is 2.11 bits per heavy atom. The van der Waals surface area contributed by atoms with E-state index in [0.29, 0.717) is 6.54 Å². The Hall–Kier alpha value is -1.14. The minimum Gasteiger partial charge on any atom is -0.393 e. The number of aliphatic hydroxyl groups is 1. The predicted molar refractivity (Wildman–Crippen MR) is 67.8 cm³/mol. The van der Waals surface area contributed by atoms with Gasteiger partial charge in [-0.3, -0.25) is 9.59 Å². The van der Waals surface area contributed by atoms with Gasteiger partial charge >= 0.3 is 0 Å². The molecule has 1 aliphatic rings. The molecule has 3 N–H and O–H groups in total. The fourth-order valence-corrected chi connectivity index (χ4v) is 2.10. The van der Waals surface area contributed by atoms with Gasteiger partial charge in [0.1, 0.15) is 0 Å². The third-order valence-electron chi connectivity index (χ3n) is 3.33. The summed E-state index contributed by atoms with van der Waals surface area (Å²) in [6.07, 6.45) is -0.722. The van der Waals surface area contributed by atoms with Crippen molar-refractivity contribution >= 4 is 11.8 Å². The van der Waals surface area contributed by atoms with Crippen molar-refractivity contribution in [2.75, 3.05) is 27.2 Å². The van der Waals surface area contributed by atoms with E-state index in [1.807, 2.05) is 19.0 Å². The number of aliphatic hydroxyl groups excluding tert-OH is 1. The second-order valence-electron chi connectivity index (χ2n) is 5.18. The highest BCUT2D eigenvalue weighted by Gasteiger charge is 2.46. The molecule has 0 aromatic rings. The number of nitrogens with zero attached hydrogens (tertiary/aromatic N) is 1. The molecule has 1 heterocycles. The van der Waals surface area contributed by atoms with Crippen LogP contribution in [0.5, 0.6) is 0 Å². The molecule has 0 aromatic carbocycles. The average molecular weight is 257 g/mol. The summed E-state index contributed by atoms with van der Waals surface area (Å²) in [5, 5.41) is 15.0. The molecule has 1 aliphatic heterocycles. The van der Waals surface area contributed by atoms with E-state index < -0.39 is 12.0 Å². The van der Waals surface area contributed by atoms with Gasteiger partial charge in [-0.05, 0) is 21.0 Å². The largest absolute Gasteiger partial charge is 0.393 e. The Kier molecular flexibility index (Phi) is 5.10. The highest BCUT2D eigenvalue weighted by molar-refractivity contribution is 5.90. The number of β-lactam (4-membered cyclic amide) rings is 1. The van der Waals surface area contributed by atoms with Crippen LogP contribution in [0.25, 0.3) is 0 Å². The number of amides is 2. The summed E-state index contributed by atoms with van der Waals surface area (Å²) in [4.78, 5) is 25.2. The molecule has 6 heteroatoms. The molecule has 2 amide bonds. The molecule has 0 saturated carbocycles. The van der Waals surface area contributed by atoms with Gasteiger partial charge in [-0.1, -0.05) is 6.92 Å². The predicted octanol–water partition coefficient (Wildman–Crippen LogP) is -1.20. The fraction of sp³-hybridized carbons (Fsp3) is 0.833. The molecule has 4 atom stereocenters. The van der Waals surface area contributed by atoms with Crippen LogP contribution in [0.15, 0.2) is 0 Å². The van der Waals surface area contributed by atoms with Gasteiger partial charge < -0.3 is 20.6 Å². The van der Waals surface area contributed by atoms with E-state index in [2.05, 4.69) is 10.6 Å². The third-order valence-corrected chi connectivity index (χ3v) is 3.33. The molecule has 0 aromatic heterocycles. The molecule has 1 fully saturated rings. The summed E-state index contributed by atoms with van der Waals surface area (Å²) >= 11 is 0. The number of nitrogens with one attached hydrogen (secondary N) is 2. The van der Waals surface area contributed by atoms with Gasteiger partial charge in [0.15, 0.2) is 0 Å². The molecule has 0 spiro atoms. The van der Waals surface area contributed by atoms with Crippen LogP contribution in [0.4, 0.5) is 0 Å². The van der Waals surface area contributed by atoms with E-state index in [9.17, 15) is 14.7 Å². The molecular formula is C12H23N3O3. The van der Waals surface area contributed by atoms with Crippen LogP contribution in [0.2, 0.25) is 0 Å². The summed E-state index contributed by atoms with van der Waals surface area (Å²) < 4.78 is 0. The van der Waals surface area contributed by atoms with Crippen LogP contribution in [0.3, 0.4) is 0 Å². The second kappa shape index (κ2) is 6.15. The number of carbonyl (C=O) groups excluding carboxylic acids is 2. The molecule has 1 rings (SSSR count). The minimum absolute atomic E-state index is 0.0903. The van der Waals surface area contributed by atoms with Gasteiger partial charge in [-0.2, -0.15) is 0 Å². The lowest BCUT2D eigenvalue weighted by Gasteiger charge is -2.41. The Morgan fingerprint density at radius 1 is 1.50 bits per heavy atom. The lowest BCUT2D eigenvalue weighted by atomic mass is 9.78. The third kappa shape index (κ3) is 3.43. The van der Waals surface area contributed by atoms with Crippen LogP contribution in [0, 0.1) is 11.8 Å². The Labute approximate surface area is 108 Å². The van der Waals surface area contributed by atoms with E-state index in [1.165, 1.54) is 0 Å². The van der Waals surface area contributed by atoms with Gasteiger partial charge in [0.05, 0.1) is 24.0 Å². The van der Waals surface area contributed by atoms with Crippen molar-refractivity contribution in [3.8, 4) is 0 Å². The molecule has 0 aliphatic carbocycles. The van der Waals surface area contributed by atoms with E-state index in [4.69, 9.17) is 0 Å². The summed E-state index contributed by atoms with van der Waals surface area (Å²) in [6, 6.07) is -0.267. The number of likely N-dealkylation sites (N-methyl/N-ethyl adjacent to an activating group) is 1. The van der Waals surface area contributed by atoms with Gasteiger partial charge in [-0.15, -0.1) is 0 Å². The fourth-order valence-electron chi connectivity index (χ4n) is 2.10. The maximum absolute atomic E-state index is 11.9. The van der Waals surface area contributed by atoms with Crippen molar-refractivity contribution in [3.05, 3.63) is 0 Å². The van der Waals surface area contributed by atoms with Crippen LogP contribution in [-0.2, 0) is 9.59 Å². The molecule has 18 heavy (non-hydrogen) atoms. The number of hydrogen-bond acceptors (Lipinski definition) is 4. The van der Waals surface area contributed by atoms with Crippen LogP contribution in [-0.4, -0.2) is 61.2 Å². The van der Waals surface area contributed by atoms with Crippen LogP contribution in [0.1, 0.15) is 13.8 Å². The number of hydrogen-bond donors (Lipinski definition) is 3. The standard InChI is InChI=1S/C12H23N3O3/c1-7(11(17)13-5-6-15(3)4)10-9(8(2)16)12(18)14-10/h7-10,16H,5-6H2,1-4H3,(H,13,17)(H,14,18)/t7?,8-,9-,10-/m1/s1. The topological polar surface area (TPSA) is 81.7 Å². The van der Waals surface area contributed by atoms with Crippen LogP contribution >= 0.6 is 0 Å². The van der Waals surface area contributed by atoms with E-state index in [1.54, 1.807) is 13.8 Å². The molecule has 1 saturated heterocycles. The van der Waals surface area contributed by atoms with Gasteiger partial charge in [-0.25, -0.2) is 0 Å². The van der Waals surface area contributed by atoms with Crippen molar-refractivity contribution in [2.24, 2.45) is 11.8 Å². The molecule has 6 nitrogen and oxygen atoms in total. The first-order valence-corrected chi connectivity index (χ1v) is 6.25. The quantitative estimate of drug-likeness (QED) is 0.522. The van der Waals surface area contributed by atoms with Crippen molar-refractivity contribution in [1.82, 2.24) is 15.5 Å². The molecule has 1 unspecified atom stereocenters. The minimum atomic E-state index is -0.722. The molecule has 104 valence electrons. The molecule has 0 bridgehead atoms. The molecular weight excluding hydrogens is 234 g/mol. The Balaban J connectivity index is 2.42. The second-order valence-corrected chi connectivity index (χ2v) is 5.18. The maximum atomic E-state index is 11.9. The highest BCUT2D eigenvalue weighted by atomic mass is 16.3. The van der Waals surface area contributed by atoms with Gasteiger partial charge in [0.2, 0.25) is 11.8 Å². The van der Waals surface area contributed by atoms with E-state index >= 15 is 0 Å². The van der Waals surface area contributed by atoms with Crippen LogP contribution < -0.4 is 10.6 Å². The number of rotatable bonds is 6. The first-order valence-electron chi connectivity index (χ1n) is 6.25. The van der Waals surface area contributed by atoms with Crippen molar-refractivity contribution in [2.45, 2.75) is 26.0 Å². The van der Waals surface area contributed by atoms with Crippen molar-refractivity contribution in [3.63, 3.8) is 0 Å². The Bertz CT molecular complexity index is 318. The smallest absolute Gasteiger partial charge is 0.228 e. The monoisotopic (exact) mass is 257 g/mol. The zero-order chi connectivity index (χ0) is 13.9. The molecule has 0 radical (unpaired) electrons. The first-order chi connectivity index (χ1) is 8.34. The zero-order valence-electron chi connectivity index (χ0n) is 11.4. The lowest BCUT2D eigenvalue weighted by molar-refractivity contribution is -0.145. The van der Waals surface area contributed by atoms with Gasteiger partial charge in [0.25, 0.3) is 0 Å². The SMILES string of the molecule is CC(C(=O)NCCN(C)C)[C@H]1NC(=O)[C@@H]1[C@@H](C)O. The van der Waals surface area contributed by atoms with E-state index in [-0.39, 0.29) is 23.8 Å². The average Bonchev–Trinajstić information content (AvgIpc) is 2.23.